The molecular formula is C23H22O5S. The number of ether oxygens (including phenoxy) is 2. The number of aromatic carboxylic acids is 1. The van der Waals surface area contributed by atoms with E-state index in [1.54, 1.807) is 12.1 Å². The van der Waals surface area contributed by atoms with Gasteiger partial charge in [0, 0.05) is 11.8 Å². The van der Waals surface area contributed by atoms with Crippen molar-refractivity contribution in [2.45, 2.75) is 30.5 Å². The van der Waals surface area contributed by atoms with Crippen LogP contribution in [0.4, 0.5) is 0 Å². The van der Waals surface area contributed by atoms with Crippen LogP contribution in [0.1, 0.15) is 34.3 Å². The molecule has 29 heavy (non-hydrogen) atoms. The molecule has 1 saturated heterocycles. The molecule has 3 aromatic rings. The lowest BCUT2D eigenvalue weighted by Gasteiger charge is -2.36. The van der Waals surface area contributed by atoms with Gasteiger partial charge >= 0.3 is 5.97 Å². The van der Waals surface area contributed by atoms with E-state index in [4.69, 9.17) is 9.47 Å². The van der Waals surface area contributed by atoms with Gasteiger partial charge in [0.15, 0.2) is 0 Å². The number of hydrogen-bond donors (Lipinski definition) is 3. The molecule has 0 radical (unpaired) electrons. The maximum absolute atomic E-state index is 11.7. The SMILES string of the molecule is O=C(O)c1ccc2ccccc2c1OCc1cccc(C2(S)CC(O)CCO2)c1. The van der Waals surface area contributed by atoms with Crippen molar-refractivity contribution in [3.63, 3.8) is 0 Å². The van der Waals surface area contributed by atoms with E-state index in [0.29, 0.717) is 25.2 Å². The zero-order chi connectivity index (χ0) is 20.4. The number of rotatable bonds is 5. The fourth-order valence-electron chi connectivity index (χ4n) is 3.67. The summed E-state index contributed by atoms with van der Waals surface area (Å²) in [5.41, 5.74) is 1.84. The third kappa shape index (κ3) is 4.10. The van der Waals surface area contributed by atoms with Crippen LogP contribution in [-0.2, 0) is 16.3 Å². The van der Waals surface area contributed by atoms with Crippen molar-refractivity contribution >= 4 is 29.4 Å². The third-order valence-corrected chi connectivity index (χ3v) is 5.75. The lowest BCUT2D eigenvalue weighted by atomic mass is 9.97. The molecule has 0 bridgehead atoms. The van der Waals surface area contributed by atoms with E-state index in [0.717, 1.165) is 21.9 Å². The zero-order valence-corrected chi connectivity index (χ0v) is 16.6. The Kier molecular flexibility index (Phi) is 5.50. The number of benzene rings is 3. The molecule has 2 unspecified atom stereocenters. The second-order valence-corrected chi connectivity index (χ2v) is 7.96. The normalized spacial score (nSPS) is 21.8. The van der Waals surface area contributed by atoms with Crippen molar-refractivity contribution < 1.29 is 24.5 Å². The average molecular weight is 410 g/mol. The summed E-state index contributed by atoms with van der Waals surface area (Å²) in [4.78, 5) is 10.8. The number of fused-ring (bicyclic) bond motifs is 1. The van der Waals surface area contributed by atoms with Crippen LogP contribution < -0.4 is 4.74 Å². The highest BCUT2D eigenvalue weighted by Crippen LogP contribution is 2.39. The number of aliphatic hydroxyl groups is 1. The third-order valence-electron chi connectivity index (χ3n) is 5.18. The van der Waals surface area contributed by atoms with Crippen molar-refractivity contribution in [3.8, 4) is 5.75 Å². The van der Waals surface area contributed by atoms with Gasteiger partial charge in [-0.05, 0) is 35.1 Å². The second-order valence-electron chi connectivity index (χ2n) is 7.24. The Labute approximate surface area is 174 Å². The quantitative estimate of drug-likeness (QED) is 0.545. The maximum Gasteiger partial charge on any atom is 0.339 e. The lowest BCUT2D eigenvalue weighted by Crippen LogP contribution is -2.35. The van der Waals surface area contributed by atoms with Crippen molar-refractivity contribution in [3.05, 3.63) is 77.4 Å². The van der Waals surface area contributed by atoms with Gasteiger partial charge in [-0.2, -0.15) is 0 Å². The highest BCUT2D eigenvalue weighted by Gasteiger charge is 2.35. The van der Waals surface area contributed by atoms with E-state index in [1.165, 1.54) is 0 Å². The minimum Gasteiger partial charge on any atom is -0.487 e. The molecular weight excluding hydrogens is 388 g/mol. The van der Waals surface area contributed by atoms with E-state index in [1.807, 2.05) is 48.5 Å². The largest absolute Gasteiger partial charge is 0.487 e. The number of aliphatic hydroxyl groups excluding tert-OH is 1. The van der Waals surface area contributed by atoms with Gasteiger partial charge in [-0.25, -0.2) is 4.79 Å². The van der Waals surface area contributed by atoms with E-state index in [-0.39, 0.29) is 12.2 Å². The molecule has 150 valence electrons. The molecule has 6 heteroatoms. The molecule has 5 nitrogen and oxygen atoms in total. The second kappa shape index (κ2) is 8.06. The van der Waals surface area contributed by atoms with E-state index < -0.39 is 17.0 Å². The summed E-state index contributed by atoms with van der Waals surface area (Å²) in [6, 6.07) is 18.5. The van der Waals surface area contributed by atoms with Gasteiger partial charge in [-0.3, -0.25) is 0 Å². The number of carboxylic acids is 1. The number of hydrogen-bond acceptors (Lipinski definition) is 5. The lowest BCUT2D eigenvalue weighted by molar-refractivity contribution is -0.0660. The predicted molar refractivity (Wildman–Crippen MR) is 114 cm³/mol. The molecule has 3 aromatic carbocycles. The van der Waals surface area contributed by atoms with Crippen LogP contribution in [-0.4, -0.2) is 28.9 Å². The molecule has 0 amide bonds. The topological polar surface area (TPSA) is 76.0 Å². The minimum atomic E-state index is -1.03. The first-order valence-corrected chi connectivity index (χ1v) is 9.93. The molecule has 1 aliphatic heterocycles. The van der Waals surface area contributed by atoms with Crippen LogP contribution in [0.3, 0.4) is 0 Å². The Balaban J connectivity index is 1.62. The van der Waals surface area contributed by atoms with Crippen LogP contribution in [0.2, 0.25) is 0 Å². The van der Waals surface area contributed by atoms with Crippen LogP contribution >= 0.6 is 12.6 Å². The number of carboxylic acid groups (broad SMARTS) is 1. The van der Waals surface area contributed by atoms with Gasteiger partial charge in [0.2, 0.25) is 0 Å². The highest BCUT2D eigenvalue weighted by molar-refractivity contribution is 7.81. The maximum atomic E-state index is 11.7. The molecule has 1 aliphatic rings. The Morgan fingerprint density at radius 1 is 1.17 bits per heavy atom. The number of carbonyl (C=O) groups is 1. The van der Waals surface area contributed by atoms with E-state index in [9.17, 15) is 15.0 Å². The van der Waals surface area contributed by atoms with Gasteiger partial charge in [-0.1, -0.05) is 48.5 Å². The molecule has 2 atom stereocenters. The fraction of sp³-hybridized carbons (Fsp3) is 0.261. The smallest absolute Gasteiger partial charge is 0.339 e. The summed E-state index contributed by atoms with van der Waals surface area (Å²) in [5, 5.41) is 21.2. The van der Waals surface area contributed by atoms with Crippen LogP contribution in [0.15, 0.2) is 60.7 Å². The zero-order valence-electron chi connectivity index (χ0n) is 15.7. The highest BCUT2D eigenvalue weighted by atomic mass is 32.1. The predicted octanol–water partition coefficient (Wildman–Crippen LogP) is 4.37. The Morgan fingerprint density at radius 3 is 2.79 bits per heavy atom. The summed E-state index contributed by atoms with van der Waals surface area (Å²) in [6.07, 6.45) is 0.562. The van der Waals surface area contributed by atoms with Crippen molar-refractivity contribution in [2.24, 2.45) is 0 Å². The van der Waals surface area contributed by atoms with Gasteiger partial charge in [0.1, 0.15) is 22.9 Å². The number of thiol groups is 1. The molecule has 0 spiro atoms. The van der Waals surface area contributed by atoms with Gasteiger partial charge in [0.25, 0.3) is 0 Å². The van der Waals surface area contributed by atoms with Gasteiger partial charge < -0.3 is 19.7 Å². The summed E-state index contributed by atoms with van der Waals surface area (Å²) in [5.74, 6) is -0.677. The summed E-state index contributed by atoms with van der Waals surface area (Å²) in [6.45, 7) is 0.651. The first kappa shape index (κ1) is 19.8. The van der Waals surface area contributed by atoms with Crippen LogP contribution in [0, 0.1) is 0 Å². The van der Waals surface area contributed by atoms with E-state index >= 15 is 0 Å². The Morgan fingerprint density at radius 2 is 2.00 bits per heavy atom. The summed E-state index contributed by atoms with van der Waals surface area (Å²) in [7, 11) is 0. The first-order valence-electron chi connectivity index (χ1n) is 9.48. The summed E-state index contributed by atoms with van der Waals surface area (Å²) < 4.78 is 11.8. The van der Waals surface area contributed by atoms with Gasteiger partial charge in [0.05, 0.1) is 12.7 Å². The van der Waals surface area contributed by atoms with Crippen molar-refractivity contribution in [1.29, 1.82) is 0 Å². The molecule has 1 fully saturated rings. The summed E-state index contributed by atoms with van der Waals surface area (Å²) >= 11 is 4.67. The minimum absolute atomic E-state index is 0.129. The standard InChI is InChI=1S/C23H22O5S/c24-18-10-11-28-23(29,13-18)17-6-3-4-15(12-17)14-27-21-19-7-2-1-5-16(19)8-9-20(21)22(25)26/h1-9,12,18,24,29H,10-11,13-14H2,(H,25,26). The van der Waals surface area contributed by atoms with Crippen molar-refractivity contribution in [1.82, 2.24) is 0 Å². The van der Waals surface area contributed by atoms with E-state index in [2.05, 4.69) is 12.6 Å². The van der Waals surface area contributed by atoms with Crippen molar-refractivity contribution in [2.75, 3.05) is 6.61 Å². The molecule has 0 saturated carbocycles. The molecule has 2 N–H and O–H groups in total. The van der Waals surface area contributed by atoms with Crippen LogP contribution in [0.25, 0.3) is 10.8 Å². The molecule has 0 aromatic heterocycles. The Hall–Kier alpha value is -2.54. The monoisotopic (exact) mass is 410 g/mol. The fourth-order valence-corrected chi connectivity index (χ4v) is 4.11. The van der Waals surface area contributed by atoms with Gasteiger partial charge in [-0.15, -0.1) is 12.6 Å². The molecule has 4 rings (SSSR count). The average Bonchev–Trinajstić information content (AvgIpc) is 2.72. The molecule has 0 aliphatic carbocycles. The first-order chi connectivity index (χ1) is 14.0. The van der Waals surface area contributed by atoms with Crippen LogP contribution in [0.5, 0.6) is 5.75 Å². The molecule has 1 heterocycles. The Bertz CT molecular complexity index is 1050.